The Morgan fingerprint density at radius 1 is 1.33 bits per heavy atom. The Bertz CT molecular complexity index is 548. The van der Waals surface area contributed by atoms with E-state index in [0.29, 0.717) is 22.8 Å². The second-order valence-corrected chi connectivity index (χ2v) is 7.31. The van der Waals surface area contributed by atoms with Crippen molar-refractivity contribution in [3.63, 3.8) is 0 Å². The maximum absolute atomic E-state index is 13.7. The minimum atomic E-state index is -0.357. The van der Waals surface area contributed by atoms with Crippen molar-refractivity contribution in [3.8, 4) is 5.75 Å². The molecule has 1 aromatic rings. The van der Waals surface area contributed by atoms with Gasteiger partial charge in [-0.25, -0.2) is 4.39 Å². The molecule has 1 saturated carbocycles. The summed E-state index contributed by atoms with van der Waals surface area (Å²) in [5.41, 5.74) is 1.10. The SMILES string of the molecule is CC(=O)c1cc(F)c(C)cc1OC1CC(C)CC(C)(C)C1. The van der Waals surface area contributed by atoms with Crippen LogP contribution in [-0.2, 0) is 0 Å². The fraction of sp³-hybridized carbons (Fsp3) is 0.611. The van der Waals surface area contributed by atoms with Crippen molar-refractivity contribution in [2.75, 3.05) is 0 Å². The number of carbonyl (C=O) groups excluding carboxylic acids is 1. The average Bonchev–Trinajstić information content (AvgIpc) is 2.30. The van der Waals surface area contributed by atoms with Gasteiger partial charge in [0.2, 0.25) is 0 Å². The fourth-order valence-electron chi connectivity index (χ4n) is 3.56. The van der Waals surface area contributed by atoms with E-state index >= 15 is 0 Å². The van der Waals surface area contributed by atoms with Crippen LogP contribution in [-0.4, -0.2) is 11.9 Å². The summed E-state index contributed by atoms with van der Waals surface area (Å²) in [5.74, 6) is 0.606. The van der Waals surface area contributed by atoms with Crippen LogP contribution in [0, 0.1) is 24.1 Å². The molecule has 0 aromatic heterocycles. The number of aryl methyl sites for hydroxylation is 1. The van der Waals surface area contributed by atoms with Crippen LogP contribution in [0.5, 0.6) is 5.75 Å². The van der Waals surface area contributed by atoms with Crippen molar-refractivity contribution in [3.05, 3.63) is 29.1 Å². The molecule has 116 valence electrons. The van der Waals surface area contributed by atoms with Gasteiger partial charge in [-0.1, -0.05) is 20.8 Å². The molecule has 0 spiro atoms. The fourth-order valence-corrected chi connectivity index (χ4v) is 3.56. The molecule has 2 atom stereocenters. The molecule has 21 heavy (non-hydrogen) atoms. The van der Waals surface area contributed by atoms with E-state index in [9.17, 15) is 9.18 Å². The predicted molar refractivity (Wildman–Crippen MR) is 82.4 cm³/mol. The van der Waals surface area contributed by atoms with Gasteiger partial charge < -0.3 is 4.74 Å². The number of halogens is 1. The molecule has 2 rings (SSSR count). The molecule has 0 heterocycles. The summed E-state index contributed by atoms with van der Waals surface area (Å²) in [6, 6.07) is 2.95. The van der Waals surface area contributed by atoms with Gasteiger partial charge in [-0.05, 0) is 62.1 Å². The Labute approximate surface area is 126 Å². The number of benzene rings is 1. The largest absolute Gasteiger partial charge is 0.490 e. The van der Waals surface area contributed by atoms with Crippen molar-refractivity contribution >= 4 is 5.78 Å². The van der Waals surface area contributed by atoms with Crippen LogP contribution >= 0.6 is 0 Å². The lowest BCUT2D eigenvalue weighted by atomic mass is 9.71. The van der Waals surface area contributed by atoms with E-state index in [1.165, 1.54) is 19.4 Å². The zero-order valence-electron chi connectivity index (χ0n) is 13.6. The lowest BCUT2D eigenvalue weighted by Crippen LogP contribution is -2.34. The molecule has 1 aliphatic rings. The number of hydrogen-bond donors (Lipinski definition) is 0. The van der Waals surface area contributed by atoms with Crippen molar-refractivity contribution < 1.29 is 13.9 Å². The molecule has 0 radical (unpaired) electrons. The molecule has 1 fully saturated rings. The van der Waals surface area contributed by atoms with E-state index in [0.717, 1.165) is 12.8 Å². The van der Waals surface area contributed by atoms with Crippen molar-refractivity contribution in [1.29, 1.82) is 0 Å². The summed E-state index contributed by atoms with van der Waals surface area (Å²) in [6.45, 7) is 9.88. The van der Waals surface area contributed by atoms with Gasteiger partial charge >= 0.3 is 0 Å². The Morgan fingerprint density at radius 3 is 2.57 bits per heavy atom. The summed E-state index contributed by atoms with van der Waals surface area (Å²) < 4.78 is 19.8. The van der Waals surface area contributed by atoms with Gasteiger partial charge in [0.05, 0.1) is 11.7 Å². The monoisotopic (exact) mass is 292 g/mol. The Hall–Kier alpha value is -1.38. The van der Waals surface area contributed by atoms with E-state index in [1.807, 2.05) is 0 Å². The topological polar surface area (TPSA) is 26.3 Å². The molecule has 0 aliphatic heterocycles. The first kappa shape index (κ1) is 16.0. The molecule has 0 amide bonds. The number of ether oxygens (including phenoxy) is 1. The van der Waals surface area contributed by atoms with Crippen LogP contribution in [0.3, 0.4) is 0 Å². The molecular formula is C18H25FO2. The third-order valence-corrected chi connectivity index (χ3v) is 4.28. The lowest BCUT2D eigenvalue weighted by molar-refractivity contribution is 0.0554. The van der Waals surface area contributed by atoms with Gasteiger partial charge in [0, 0.05) is 0 Å². The van der Waals surface area contributed by atoms with E-state index in [1.54, 1.807) is 13.0 Å². The van der Waals surface area contributed by atoms with Crippen molar-refractivity contribution in [2.45, 2.75) is 60.0 Å². The lowest BCUT2D eigenvalue weighted by Gasteiger charge is -2.39. The van der Waals surface area contributed by atoms with Crippen LogP contribution in [0.25, 0.3) is 0 Å². The number of ketones is 1. The molecule has 1 aromatic carbocycles. The first-order valence-electron chi connectivity index (χ1n) is 7.66. The number of carbonyl (C=O) groups is 1. The zero-order valence-corrected chi connectivity index (χ0v) is 13.6. The third-order valence-electron chi connectivity index (χ3n) is 4.28. The second-order valence-electron chi connectivity index (χ2n) is 7.31. The number of rotatable bonds is 3. The van der Waals surface area contributed by atoms with E-state index in [-0.39, 0.29) is 23.1 Å². The molecule has 0 N–H and O–H groups in total. The normalized spacial score (nSPS) is 24.7. The van der Waals surface area contributed by atoms with Crippen molar-refractivity contribution in [1.82, 2.24) is 0 Å². The molecule has 0 saturated heterocycles. The highest BCUT2D eigenvalue weighted by Crippen LogP contribution is 2.40. The van der Waals surface area contributed by atoms with Gasteiger partial charge in [-0.2, -0.15) is 0 Å². The van der Waals surface area contributed by atoms with Crippen LogP contribution < -0.4 is 4.74 Å². The summed E-state index contributed by atoms with van der Waals surface area (Å²) in [5, 5.41) is 0. The first-order valence-corrected chi connectivity index (χ1v) is 7.66. The smallest absolute Gasteiger partial charge is 0.163 e. The predicted octanol–water partition coefficient (Wildman–Crippen LogP) is 4.93. The van der Waals surface area contributed by atoms with Gasteiger partial charge in [0.1, 0.15) is 11.6 Å². The van der Waals surface area contributed by atoms with Crippen LogP contribution in [0.1, 0.15) is 62.9 Å². The van der Waals surface area contributed by atoms with Gasteiger partial charge in [-0.3, -0.25) is 4.79 Å². The maximum atomic E-state index is 13.7. The molecule has 1 aliphatic carbocycles. The van der Waals surface area contributed by atoms with Gasteiger partial charge in [0.25, 0.3) is 0 Å². The zero-order chi connectivity index (χ0) is 15.8. The Kier molecular flexibility index (Phi) is 4.40. The molecule has 2 unspecified atom stereocenters. The molecule has 0 bridgehead atoms. The van der Waals surface area contributed by atoms with Gasteiger partial charge in [-0.15, -0.1) is 0 Å². The van der Waals surface area contributed by atoms with E-state index < -0.39 is 0 Å². The minimum absolute atomic E-state index is 0.0895. The van der Waals surface area contributed by atoms with Gasteiger partial charge in [0.15, 0.2) is 5.78 Å². The van der Waals surface area contributed by atoms with Crippen molar-refractivity contribution in [2.24, 2.45) is 11.3 Å². The summed E-state index contributed by atoms with van der Waals surface area (Å²) in [4.78, 5) is 11.7. The Balaban J connectivity index is 2.26. The Morgan fingerprint density at radius 2 is 2.00 bits per heavy atom. The van der Waals surface area contributed by atoms with Crippen LogP contribution in [0.2, 0.25) is 0 Å². The minimum Gasteiger partial charge on any atom is -0.490 e. The second kappa shape index (κ2) is 5.78. The molecule has 2 nitrogen and oxygen atoms in total. The quantitative estimate of drug-likeness (QED) is 0.738. The highest BCUT2D eigenvalue weighted by molar-refractivity contribution is 5.96. The third kappa shape index (κ3) is 3.84. The van der Waals surface area contributed by atoms with Crippen LogP contribution in [0.4, 0.5) is 4.39 Å². The number of Topliss-reactive ketones (excluding diaryl/α,β-unsaturated/α-hetero) is 1. The summed E-state index contributed by atoms with van der Waals surface area (Å²) in [7, 11) is 0. The standard InChI is InChI=1S/C18H25FO2/c1-11-6-14(10-18(4,5)9-11)21-17-7-12(2)16(19)8-15(17)13(3)20/h7-8,11,14H,6,9-10H2,1-5H3. The average molecular weight is 292 g/mol. The van der Waals surface area contributed by atoms with E-state index in [2.05, 4.69) is 20.8 Å². The van der Waals surface area contributed by atoms with E-state index in [4.69, 9.17) is 4.74 Å². The molecular weight excluding hydrogens is 267 g/mol. The summed E-state index contributed by atoms with van der Waals surface area (Å²) >= 11 is 0. The highest BCUT2D eigenvalue weighted by Gasteiger charge is 2.33. The number of hydrogen-bond acceptors (Lipinski definition) is 2. The van der Waals surface area contributed by atoms with Crippen LogP contribution in [0.15, 0.2) is 12.1 Å². The summed E-state index contributed by atoms with van der Waals surface area (Å²) in [6.07, 6.45) is 3.23. The molecule has 3 heteroatoms. The first-order chi connectivity index (χ1) is 9.68. The highest BCUT2D eigenvalue weighted by atomic mass is 19.1. The maximum Gasteiger partial charge on any atom is 0.163 e.